The highest BCUT2D eigenvalue weighted by atomic mass is 32.1. The average molecular weight is 353 g/mol. The standard InChI is InChI=1S/C14H10F3N5OS/c1-21(13-18-6-7-24-13)12(23)10-8-22(20-19-10)11-5-3-2-4-9(11)14(15,16)17/h2-8H,1H3. The van der Waals surface area contributed by atoms with Gasteiger partial charge in [-0.25, -0.2) is 9.67 Å². The molecular weight excluding hydrogens is 343 g/mol. The maximum Gasteiger partial charge on any atom is 0.418 e. The third-order valence-corrected chi connectivity index (χ3v) is 4.03. The highest BCUT2D eigenvalue weighted by molar-refractivity contribution is 7.13. The van der Waals surface area contributed by atoms with Crippen LogP contribution in [-0.2, 0) is 6.18 Å². The Hall–Kier alpha value is -2.75. The molecule has 0 bridgehead atoms. The Morgan fingerprint density at radius 2 is 2.04 bits per heavy atom. The largest absolute Gasteiger partial charge is 0.418 e. The van der Waals surface area contributed by atoms with E-state index in [9.17, 15) is 18.0 Å². The number of hydrogen-bond donors (Lipinski definition) is 0. The predicted molar refractivity (Wildman–Crippen MR) is 81.2 cm³/mol. The highest BCUT2D eigenvalue weighted by Gasteiger charge is 2.34. The smallest absolute Gasteiger partial charge is 0.286 e. The lowest BCUT2D eigenvalue weighted by atomic mass is 10.1. The third-order valence-electron chi connectivity index (χ3n) is 3.18. The number of aromatic nitrogens is 4. The molecule has 3 rings (SSSR count). The van der Waals surface area contributed by atoms with Crippen LogP contribution in [0.4, 0.5) is 18.3 Å². The molecule has 6 nitrogen and oxygen atoms in total. The van der Waals surface area contributed by atoms with Crippen LogP contribution in [0.3, 0.4) is 0 Å². The fourth-order valence-electron chi connectivity index (χ4n) is 2.03. The van der Waals surface area contributed by atoms with E-state index in [2.05, 4.69) is 15.3 Å². The maximum atomic E-state index is 13.1. The Morgan fingerprint density at radius 1 is 1.29 bits per heavy atom. The molecule has 0 spiro atoms. The molecule has 1 aromatic carbocycles. The van der Waals surface area contributed by atoms with Gasteiger partial charge in [0, 0.05) is 18.6 Å². The number of alkyl halides is 3. The van der Waals surface area contributed by atoms with Crippen LogP contribution in [0.1, 0.15) is 16.1 Å². The summed E-state index contributed by atoms with van der Waals surface area (Å²) in [6.45, 7) is 0. The first-order valence-corrected chi connectivity index (χ1v) is 7.52. The number of halogens is 3. The second kappa shape index (κ2) is 6.04. The fourth-order valence-corrected chi connectivity index (χ4v) is 2.64. The number of amides is 1. The Kier molecular flexibility index (Phi) is 4.06. The van der Waals surface area contributed by atoms with Crippen molar-refractivity contribution in [3.05, 3.63) is 53.3 Å². The van der Waals surface area contributed by atoms with E-state index < -0.39 is 17.6 Å². The Balaban J connectivity index is 1.93. The number of carbonyl (C=O) groups excluding carboxylic acids is 1. The normalized spacial score (nSPS) is 11.5. The van der Waals surface area contributed by atoms with Gasteiger partial charge in [-0.1, -0.05) is 17.3 Å². The first kappa shape index (κ1) is 16.1. The second-order valence-corrected chi connectivity index (χ2v) is 5.62. The fraction of sp³-hybridized carbons (Fsp3) is 0.143. The minimum absolute atomic E-state index is 0.0790. The van der Waals surface area contributed by atoms with E-state index in [0.29, 0.717) is 5.13 Å². The number of rotatable bonds is 3. The van der Waals surface area contributed by atoms with E-state index in [1.807, 2.05) is 0 Å². The van der Waals surface area contributed by atoms with Gasteiger partial charge in [-0.2, -0.15) is 13.2 Å². The molecule has 0 radical (unpaired) electrons. The molecule has 2 heterocycles. The second-order valence-electron chi connectivity index (χ2n) is 4.74. The lowest BCUT2D eigenvalue weighted by Crippen LogP contribution is -2.26. The van der Waals surface area contributed by atoms with Gasteiger partial charge in [0.05, 0.1) is 17.4 Å². The molecule has 124 valence electrons. The molecule has 0 saturated carbocycles. The lowest BCUT2D eigenvalue weighted by Gasteiger charge is -2.12. The van der Waals surface area contributed by atoms with Gasteiger partial charge in [0.1, 0.15) is 0 Å². The zero-order valence-corrected chi connectivity index (χ0v) is 13.0. The lowest BCUT2D eigenvalue weighted by molar-refractivity contribution is -0.137. The predicted octanol–water partition coefficient (Wildman–Crippen LogP) is 3.02. The van der Waals surface area contributed by atoms with E-state index in [4.69, 9.17) is 0 Å². The molecule has 0 aliphatic carbocycles. The van der Waals surface area contributed by atoms with E-state index >= 15 is 0 Å². The number of thiazole rings is 1. The molecule has 10 heteroatoms. The Bertz CT molecular complexity index is 859. The molecule has 1 amide bonds. The van der Waals surface area contributed by atoms with Gasteiger partial charge in [0.25, 0.3) is 5.91 Å². The Labute approximate surface area is 138 Å². The van der Waals surface area contributed by atoms with Gasteiger partial charge in [0.15, 0.2) is 10.8 Å². The summed E-state index contributed by atoms with van der Waals surface area (Å²) in [5.74, 6) is -0.513. The minimum atomic E-state index is -4.54. The summed E-state index contributed by atoms with van der Waals surface area (Å²) in [7, 11) is 1.50. The molecule has 0 unspecified atom stereocenters. The molecule has 0 N–H and O–H groups in total. The van der Waals surface area contributed by atoms with Crippen LogP contribution in [0.5, 0.6) is 0 Å². The molecule has 0 aliphatic rings. The molecule has 0 aliphatic heterocycles. The third kappa shape index (κ3) is 3.00. The van der Waals surface area contributed by atoms with Crippen molar-refractivity contribution in [2.75, 3.05) is 11.9 Å². The van der Waals surface area contributed by atoms with Gasteiger partial charge in [-0.05, 0) is 12.1 Å². The van der Waals surface area contributed by atoms with E-state index in [1.54, 1.807) is 11.6 Å². The minimum Gasteiger partial charge on any atom is -0.286 e. The number of nitrogens with zero attached hydrogens (tertiary/aromatic N) is 5. The summed E-state index contributed by atoms with van der Waals surface area (Å²) in [4.78, 5) is 17.6. The van der Waals surface area contributed by atoms with E-state index in [-0.39, 0.29) is 11.4 Å². The molecule has 24 heavy (non-hydrogen) atoms. The van der Waals surface area contributed by atoms with Gasteiger partial charge in [0.2, 0.25) is 0 Å². The topological polar surface area (TPSA) is 63.9 Å². The van der Waals surface area contributed by atoms with Crippen LogP contribution in [0.25, 0.3) is 5.69 Å². The van der Waals surface area contributed by atoms with Crippen molar-refractivity contribution in [1.82, 2.24) is 20.0 Å². The summed E-state index contributed by atoms with van der Waals surface area (Å²) >= 11 is 1.25. The van der Waals surface area contributed by atoms with Crippen molar-refractivity contribution in [2.24, 2.45) is 0 Å². The van der Waals surface area contributed by atoms with Crippen molar-refractivity contribution < 1.29 is 18.0 Å². The Morgan fingerprint density at radius 3 is 2.71 bits per heavy atom. The van der Waals surface area contributed by atoms with Crippen LogP contribution in [-0.4, -0.2) is 32.9 Å². The van der Waals surface area contributed by atoms with Crippen LogP contribution in [0.2, 0.25) is 0 Å². The van der Waals surface area contributed by atoms with Crippen molar-refractivity contribution in [3.8, 4) is 5.69 Å². The highest BCUT2D eigenvalue weighted by Crippen LogP contribution is 2.33. The van der Waals surface area contributed by atoms with E-state index in [0.717, 1.165) is 16.9 Å². The van der Waals surface area contributed by atoms with Gasteiger partial charge >= 0.3 is 6.18 Å². The number of benzene rings is 1. The number of para-hydroxylation sites is 1. The number of carbonyl (C=O) groups is 1. The summed E-state index contributed by atoms with van der Waals surface area (Å²) < 4.78 is 40.1. The summed E-state index contributed by atoms with van der Waals surface area (Å²) in [6, 6.07) is 4.94. The zero-order chi connectivity index (χ0) is 17.3. The van der Waals surface area contributed by atoms with Crippen LogP contribution >= 0.6 is 11.3 Å². The zero-order valence-electron chi connectivity index (χ0n) is 12.2. The summed E-state index contributed by atoms with van der Waals surface area (Å²) in [5, 5.41) is 9.48. The SMILES string of the molecule is CN(C(=O)c1cn(-c2ccccc2C(F)(F)F)nn1)c1nccs1. The van der Waals surface area contributed by atoms with Crippen LogP contribution < -0.4 is 4.90 Å². The van der Waals surface area contributed by atoms with Gasteiger partial charge in [-0.3, -0.25) is 9.69 Å². The van der Waals surface area contributed by atoms with Crippen LogP contribution in [0.15, 0.2) is 42.0 Å². The number of anilines is 1. The van der Waals surface area contributed by atoms with Crippen molar-refractivity contribution in [1.29, 1.82) is 0 Å². The first-order chi connectivity index (χ1) is 11.4. The monoisotopic (exact) mass is 353 g/mol. The number of hydrogen-bond acceptors (Lipinski definition) is 5. The molecule has 0 saturated heterocycles. The molecule has 0 atom stereocenters. The van der Waals surface area contributed by atoms with Crippen molar-refractivity contribution in [2.45, 2.75) is 6.18 Å². The molecule has 0 fully saturated rings. The first-order valence-electron chi connectivity index (χ1n) is 6.64. The molecular formula is C14H10F3N5OS. The maximum absolute atomic E-state index is 13.1. The van der Waals surface area contributed by atoms with Gasteiger partial charge < -0.3 is 0 Å². The van der Waals surface area contributed by atoms with Crippen molar-refractivity contribution in [3.63, 3.8) is 0 Å². The summed E-state index contributed by atoms with van der Waals surface area (Å²) in [6.07, 6.45) is -1.83. The average Bonchev–Trinajstić information content (AvgIpc) is 3.24. The van der Waals surface area contributed by atoms with Gasteiger partial charge in [-0.15, -0.1) is 16.4 Å². The van der Waals surface area contributed by atoms with Crippen LogP contribution in [0, 0.1) is 0 Å². The molecule has 2 aromatic heterocycles. The molecule has 3 aromatic rings. The quantitative estimate of drug-likeness (QED) is 0.726. The van der Waals surface area contributed by atoms with E-state index in [1.165, 1.54) is 41.5 Å². The van der Waals surface area contributed by atoms with Crippen molar-refractivity contribution >= 4 is 22.4 Å². The summed E-state index contributed by atoms with van der Waals surface area (Å²) in [5.41, 5.74) is -1.14.